The minimum absolute atomic E-state index is 0.0506. The number of carbonyl (C=O) groups is 1. The maximum absolute atomic E-state index is 10.9. The van der Waals surface area contributed by atoms with Crippen LogP contribution in [0.1, 0.15) is 9.67 Å². The summed E-state index contributed by atoms with van der Waals surface area (Å²) in [6.45, 7) is 0. The van der Waals surface area contributed by atoms with E-state index in [1.165, 1.54) is 11.3 Å². The lowest BCUT2D eigenvalue weighted by Crippen LogP contribution is -2.15. The van der Waals surface area contributed by atoms with Crippen LogP contribution in [-0.4, -0.2) is 13.0 Å². The van der Waals surface area contributed by atoms with Gasteiger partial charge in [-0.05, 0) is 6.07 Å². The average molecular weight is 173 g/mol. The van der Waals surface area contributed by atoms with Crippen LogP contribution in [0.25, 0.3) is 0 Å². The molecule has 0 radical (unpaired) electrons. The number of hydrogen-bond donors (Lipinski definition) is 2. The van der Waals surface area contributed by atoms with Crippen molar-refractivity contribution in [2.75, 3.05) is 7.05 Å². The Labute approximate surface area is 68.7 Å². The van der Waals surface area contributed by atoms with Gasteiger partial charge in [0, 0.05) is 17.3 Å². The van der Waals surface area contributed by atoms with Gasteiger partial charge in [0.1, 0.15) is 0 Å². The standard InChI is InChI=1S/C6H7NOS2/c1-7-6(8)5-2-4(9)3-10-5/h2-3,9H,1H3,(H,7,8). The fraction of sp³-hybridized carbons (Fsp3) is 0.167. The third kappa shape index (κ3) is 1.52. The fourth-order valence-corrected chi connectivity index (χ4v) is 1.66. The molecular weight excluding hydrogens is 166 g/mol. The largest absolute Gasteiger partial charge is 0.354 e. The topological polar surface area (TPSA) is 29.1 Å². The molecule has 1 N–H and O–H groups in total. The molecule has 1 heterocycles. The van der Waals surface area contributed by atoms with Gasteiger partial charge in [-0.2, -0.15) is 0 Å². The Kier molecular flexibility index (Phi) is 2.34. The SMILES string of the molecule is CNC(=O)c1cc(S)cs1. The quantitative estimate of drug-likeness (QED) is 0.617. The van der Waals surface area contributed by atoms with Crippen molar-refractivity contribution in [3.63, 3.8) is 0 Å². The van der Waals surface area contributed by atoms with Gasteiger partial charge in [0.2, 0.25) is 0 Å². The molecule has 0 atom stereocenters. The van der Waals surface area contributed by atoms with Crippen molar-refractivity contribution in [1.82, 2.24) is 5.32 Å². The van der Waals surface area contributed by atoms with Crippen LogP contribution in [-0.2, 0) is 0 Å². The Bertz CT molecular complexity index is 244. The van der Waals surface area contributed by atoms with Crippen molar-refractivity contribution in [3.05, 3.63) is 16.3 Å². The molecule has 4 heteroatoms. The Balaban J connectivity index is 2.85. The summed E-state index contributed by atoms with van der Waals surface area (Å²) in [5.74, 6) is -0.0506. The summed E-state index contributed by atoms with van der Waals surface area (Å²) in [5.41, 5.74) is 0. The summed E-state index contributed by atoms with van der Waals surface area (Å²) in [4.78, 5) is 12.4. The molecule has 0 aromatic carbocycles. The van der Waals surface area contributed by atoms with Crippen molar-refractivity contribution < 1.29 is 4.79 Å². The predicted octanol–water partition coefficient (Wildman–Crippen LogP) is 1.40. The van der Waals surface area contributed by atoms with Crippen molar-refractivity contribution in [3.8, 4) is 0 Å². The minimum Gasteiger partial charge on any atom is -0.354 e. The van der Waals surface area contributed by atoms with E-state index in [-0.39, 0.29) is 5.91 Å². The molecule has 0 bridgehead atoms. The molecule has 1 amide bonds. The molecule has 0 unspecified atom stereocenters. The molecule has 1 rings (SSSR count). The van der Waals surface area contributed by atoms with Gasteiger partial charge >= 0.3 is 0 Å². The number of rotatable bonds is 1. The van der Waals surface area contributed by atoms with Crippen molar-refractivity contribution >= 4 is 29.9 Å². The second kappa shape index (κ2) is 3.07. The van der Waals surface area contributed by atoms with E-state index in [2.05, 4.69) is 17.9 Å². The smallest absolute Gasteiger partial charge is 0.261 e. The zero-order chi connectivity index (χ0) is 7.56. The minimum atomic E-state index is -0.0506. The van der Waals surface area contributed by atoms with E-state index >= 15 is 0 Å². The molecule has 10 heavy (non-hydrogen) atoms. The first-order valence-electron chi connectivity index (χ1n) is 2.73. The number of hydrogen-bond acceptors (Lipinski definition) is 3. The number of amides is 1. The number of thiol groups is 1. The Morgan fingerprint density at radius 2 is 2.50 bits per heavy atom. The normalized spacial score (nSPS) is 9.40. The monoisotopic (exact) mass is 173 g/mol. The third-order valence-electron chi connectivity index (χ3n) is 1.04. The Morgan fingerprint density at radius 1 is 1.80 bits per heavy atom. The van der Waals surface area contributed by atoms with Crippen molar-refractivity contribution in [2.24, 2.45) is 0 Å². The summed E-state index contributed by atoms with van der Waals surface area (Å²) in [5, 5.41) is 4.36. The molecule has 0 saturated heterocycles. The van der Waals surface area contributed by atoms with Crippen LogP contribution in [0.4, 0.5) is 0 Å². The molecule has 1 aromatic rings. The summed E-state index contributed by atoms with van der Waals surface area (Å²) in [7, 11) is 1.61. The first-order chi connectivity index (χ1) is 4.74. The second-order valence-electron chi connectivity index (χ2n) is 1.75. The van der Waals surface area contributed by atoms with Gasteiger partial charge in [-0.1, -0.05) is 0 Å². The van der Waals surface area contributed by atoms with E-state index in [1.54, 1.807) is 13.1 Å². The van der Waals surface area contributed by atoms with E-state index in [9.17, 15) is 4.79 Å². The molecule has 0 aliphatic heterocycles. The molecule has 0 spiro atoms. The van der Waals surface area contributed by atoms with E-state index < -0.39 is 0 Å². The lowest BCUT2D eigenvalue weighted by atomic mass is 10.4. The van der Waals surface area contributed by atoms with Crippen LogP contribution >= 0.6 is 24.0 Å². The lowest BCUT2D eigenvalue weighted by Gasteiger charge is -1.90. The number of thiophene rings is 1. The van der Waals surface area contributed by atoms with Gasteiger partial charge in [0.05, 0.1) is 4.88 Å². The maximum Gasteiger partial charge on any atom is 0.261 e. The molecule has 0 aliphatic rings. The van der Waals surface area contributed by atoms with Gasteiger partial charge < -0.3 is 5.32 Å². The summed E-state index contributed by atoms with van der Waals surface area (Å²) < 4.78 is 0. The maximum atomic E-state index is 10.9. The number of carbonyl (C=O) groups excluding carboxylic acids is 1. The van der Waals surface area contributed by atoms with Crippen molar-refractivity contribution in [1.29, 1.82) is 0 Å². The van der Waals surface area contributed by atoms with Crippen molar-refractivity contribution in [2.45, 2.75) is 4.90 Å². The molecule has 0 fully saturated rings. The van der Waals surface area contributed by atoms with E-state index in [0.29, 0.717) is 4.88 Å². The summed E-state index contributed by atoms with van der Waals surface area (Å²) in [6.07, 6.45) is 0. The highest BCUT2D eigenvalue weighted by atomic mass is 32.1. The molecular formula is C6H7NOS2. The third-order valence-corrected chi connectivity index (χ3v) is 2.40. The van der Waals surface area contributed by atoms with E-state index in [4.69, 9.17) is 0 Å². The molecule has 0 saturated carbocycles. The van der Waals surface area contributed by atoms with Gasteiger partial charge in [0.15, 0.2) is 0 Å². The van der Waals surface area contributed by atoms with Gasteiger partial charge in [-0.25, -0.2) is 0 Å². The molecule has 0 aliphatic carbocycles. The molecule has 54 valence electrons. The first-order valence-corrected chi connectivity index (χ1v) is 4.06. The van der Waals surface area contributed by atoms with E-state index in [1.807, 2.05) is 5.38 Å². The van der Waals surface area contributed by atoms with Crippen LogP contribution < -0.4 is 5.32 Å². The predicted molar refractivity (Wildman–Crippen MR) is 45.0 cm³/mol. The highest BCUT2D eigenvalue weighted by molar-refractivity contribution is 7.80. The highest BCUT2D eigenvalue weighted by Gasteiger charge is 2.03. The van der Waals surface area contributed by atoms with Crippen LogP contribution in [0.15, 0.2) is 16.3 Å². The Hall–Kier alpha value is -0.480. The van der Waals surface area contributed by atoms with Crippen LogP contribution in [0.5, 0.6) is 0 Å². The van der Waals surface area contributed by atoms with Crippen LogP contribution in [0.3, 0.4) is 0 Å². The summed E-state index contributed by atoms with van der Waals surface area (Å²) >= 11 is 5.46. The summed E-state index contributed by atoms with van der Waals surface area (Å²) in [6, 6.07) is 1.74. The zero-order valence-corrected chi connectivity index (χ0v) is 7.13. The lowest BCUT2D eigenvalue weighted by molar-refractivity contribution is 0.0967. The zero-order valence-electron chi connectivity index (χ0n) is 5.42. The number of nitrogens with one attached hydrogen (secondary N) is 1. The van der Waals surface area contributed by atoms with Gasteiger partial charge in [-0.3, -0.25) is 4.79 Å². The van der Waals surface area contributed by atoms with E-state index in [0.717, 1.165) is 4.90 Å². The first kappa shape index (κ1) is 7.63. The van der Waals surface area contributed by atoms with Gasteiger partial charge in [0.25, 0.3) is 5.91 Å². The average Bonchev–Trinajstić information content (AvgIpc) is 2.34. The molecule has 1 aromatic heterocycles. The van der Waals surface area contributed by atoms with Crippen LogP contribution in [0, 0.1) is 0 Å². The van der Waals surface area contributed by atoms with Crippen LogP contribution in [0.2, 0.25) is 0 Å². The highest BCUT2D eigenvalue weighted by Crippen LogP contribution is 2.16. The molecule has 2 nitrogen and oxygen atoms in total. The second-order valence-corrected chi connectivity index (χ2v) is 3.18. The Morgan fingerprint density at radius 3 is 2.90 bits per heavy atom. The van der Waals surface area contributed by atoms with Gasteiger partial charge in [-0.15, -0.1) is 24.0 Å². The fourth-order valence-electron chi connectivity index (χ4n) is 0.568.